The third-order valence-electron chi connectivity index (χ3n) is 5.81. The molecular weight excluding hydrogens is 494 g/mol. The number of pyridine rings is 2. The zero-order chi connectivity index (χ0) is 25.9. The van der Waals surface area contributed by atoms with Gasteiger partial charge in [0.05, 0.1) is 12.5 Å². The van der Waals surface area contributed by atoms with Crippen molar-refractivity contribution in [3.05, 3.63) is 93.4 Å². The molecule has 3 heterocycles. The quantitative estimate of drug-likeness (QED) is 0.342. The second-order valence-corrected chi connectivity index (χ2v) is 8.75. The molecule has 3 aromatic heterocycles. The van der Waals surface area contributed by atoms with E-state index >= 15 is 0 Å². The molecule has 5 rings (SSSR count). The number of halogens is 1. The van der Waals surface area contributed by atoms with Crippen molar-refractivity contribution in [3.8, 4) is 28.6 Å². The van der Waals surface area contributed by atoms with Crippen LogP contribution in [0.4, 0.5) is 0 Å². The molecule has 0 radical (unpaired) electrons. The summed E-state index contributed by atoms with van der Waals surface area (Å²) in [5.41, 5.74) is 2.45. The summed E-state index contributed by atoms with van der Waals surface area (Å²) in [7, 11) is 1.58. The van der Waals surface area contributed by atoms with Gasteiger partial charge in [0.2, 0.25) is 17.2 Å². The van der Waals surface area contributed by atoms with Gasteiger partial charge in [-0.3, -0.25) is 9.59 Å². The van der Waals surface area contributed by atoms with Crippen molar-refractivity contribution in [3.63, 3.8) is 0 Å². The summed E-state index contributed by atoms with van der Waals surface area (Å²) >= 11 is 6.20. The molecule has 37 heavy (non-hydrogen) atoms. The predicted molar refractivity (Wildman–Crippen MR) is 139 cm³/mol. The largest absolute Gasteiger partial charge is 0.497 e. The highest BCUT2D eigenvalue weighted by atomic mass is 35.5. The number of carbonyl (C=O) groups excluding carboxylic acids is 1. The average molecular weight is 516 g/mol. The van der Waals surface area contributed by atoms with Crippen molar-refractivity contribution in [2.75, 3.05) is 7.11 Å². The molecule has 10 heteroatoms. The van der Waals surface area contributed by atoms with Crippen LogP contribution in [-0.2, 0) is 17.9 Å². The average Bonchev–Trinajstić information content (AvgIpc) is 3.40. The Balaban J connectivity index is 1.48. The van der Waals surface area contributed by atoms with Crippen LogP contribution in [0, 0.1) is 6.92 Å². The number of fused-ring (bicyclic) bond motifs is 1. The number of hydrogen-bond acceptors (Lipinski definition) is 7. The van der Waals surface area contributed by atoms with Crippen molar-refractivity contribution in [2.24, 2.45) is 0 Å². The van der Waals surface area contributed by atoms with Crippen LogP contribution in [0.15, 0.2) is 76.2 Å². The highest BCUT2D eigenvalue weighted by Gasteiger charge is 2.19. The number of amides is 1. The summed E-state index contributed by atoms with van der Waals surface area (Å²) in [6, 6.07) is 17.9. The number of methoxy groups -OCH3 is 1. The number of nitrogens with one attached hydrogen (secondary N) is 1. The minimum absolute atomic E-state index is 0.0449. The zero-order valence-electron chi connectivity index (χ0n) is 20.1. The molecular formula is C27H22ClN5O4. The number of aryl methyl sites for hydroxylation is 1. The van der Waals surface area contributed by atoms with Gasteiger partial charge in [0, 0.05) is 29.0 Å². The summed E-state index contributed by atoms with van der Waals surface area (Å²) < 4.78 is 12.2. The van der Waals surface area contributed by atoms with Gasteiger partial charge in [0.25, 0.3) is 5.89 Å². The van der Waals surface area contributed by atoms with E-state index < -0.39 is 0 Å². The molecule has 0 saturated heterocycles. The third-order valence-corrected chi connectivity index (χ3v) is 6.18. The van der Waals surface area contributed by atoms with Crippen molar-refractivity contribution in [1.82, 2.24) is 25.0 Å². The maximum atomic E-state index is 13.3. The van der Waals surface area contributed by atoms with E-state index in [0.717, 1.165) is 5.56 Å². The Morgan fingerprint density at radius 1 is 1.08 bits per heavy atom. The van der Waals surface area contributed by atoms with Crippen LogP contribution < -0.4 is 15.5 Å². The predicted octanol–water partition coefficient (Wildman–Crippen LogP) is 4.40. The second kappa shape index (κ2) is 10.2. The molecule has 0 bridgehead atoms. The lowest BCUT2D eigenvalue weighted by atomic mass is 10.1. The third kappa shape index (κ3) is 5.07. The van der Waals surface area contributed by atoms with Gasteiger partial charge in [-0.15, -0.1) is 0 Å². The van der Waals surface area contributed by atoms with E-state index in [1.807, 2.05) is 25.1 Å². The minimum atomic E-state index is -0.319. The van der Waals surface area contributed by atoms with Gasteiger partial charge in [-0.1, -0.05) is 35.0 Å². The number of aromatic nitrogens is 4. The van der Waals surface area contributed by atoms with Gasteiger partial charge in [-0.05, 0) is 55.0 Å². The normalized spacial score (nSPS) is 11.0. The Hall–Kier alpha value is -4.50. The van der Waals surface area contributed by atoms with E-state index in [-0.39, 0.29) is 35.9 Å². The van der Waals surface area contributed by atoms with E-state index in [4.69, 9.17) is 20.9 Å². The Morgan fingerprint density at radius 3 is 2.62 bits per heavy atom. The Morgan fingerprint density at radius 2 is 1.86 bits per heavy atom. The first-order valence-electron chi connectivity index (χ1n) is 11.4. The van der Waals surface area contributed by atoms with Crippen LogP contribution in [0.25, 0.3) is 33.9 Å². The Kier molecular flexibility index (Phi) is 6.70. The number of hydrogen-bond donors (Lipinski definition) is 1. The second-order valence-electron chi connectivity index (χ2n) is 8.34. The molecule has 5 aromatic rings. The van der Waals surface area contributed by atoms with Crippen molar-refractivity contribution >= 4 is 28.5 Å². The van der Waals surface area contributed by atoms with Gasteiger partial charge in [0.1, 0.15) is 23.5 Å². The molecule has 1 N–H and O–H groups in total. The smallest absolute Gasteiger partial charge is 0.263 e. The number of benzene rings is 2. The Labute approximate surface area is 216 Å². The SMILES string of the molecule is COc1ccc(-c2noc(-c3cn(CC(=O)NCc4ccccc4Cl)c4nc(C)ccc4c3=O)n2)cc1. The zero-order valence-corrected chi connectivity index (χ0v) is 20.8. The first kappa shape index (κ1) is 24.2. The topological polar surface area (TPSA) is 112 Å². The standard InChI is InChI=1S/C27H22ClN5O4/c1-16-7-12-20-24(35)21(27-31-25(32-37-27)17-8-10-19(36-2)11-9-17)14-33(26(20)30-16)15-23(34)29-13-18-5-3-4-6-22(18)28/h3-12,14H,13,15H2,1-2H3,(H,29,34). The number of rotatable bonds is 7. The fraction of sp³-hybridized carbons (Fsp3) is 0.148. The van der Waals surface area contributed by atoms with Crippen LogP contribution in [0.3, 0.4) is 0 Å². The maximum Gasteiger partial charge on any atom is 0.263 e. The molecule has 9 nitrogen and oxygen atoms in total. The summed E-state index contributed by atoms with van der Waals surface area (Å²) in [6.07, 6.45) is 1.53. The molecule has 0 aliphatic rings. The van der Waals surface area contributed by atoms with E-state index in [0.29, 0.717) is 38.9 Å². The fourth-order valence-corrected chi connectivity index (χ4v) is 4.07. The summed E-state index contributed by atoms with van der Waals surface area (Å²) in [5, 5.41) is 7.81. The molecule has 0 atom stereocenters. The molecule has 186 valence electrons. The summed E-state index contributed by atoms with van der Waals surface area (Å²) in [4.78, 5) is 35.1. The molecule has 0 fully saturated rings. The van der Waals surface area contributed by atoms with Crippen LogP contribution in [0.2, 0.25) is 5.02 Å². The minimum Gasteiger partial charge on any atom is -0.497 e. The molecule has 0 unspecified atom stereocenters. The van der Waals surface area contributed by atoms with Gasteiger partial charge in [0.15, 0.2) is 0 Å². The molecule has 1 amide bonds. The van der Waals surface area contributed by atoms with Crippen LogP contribution in [-0.4, -0.2) is 32.7 Å². The summed E-state index contributed by atoms with van der Waals surface area (Å²) in [5.74, 6) is 0.788. The highest BCUT2D eigenvalue weighted by molar-refractivity contribution is 6.31. The van der Waals surface area contributed by atoms with E-state index in [1.165, 1.54) is 6.20 Å². The molecule has 0 saturated carbocycles. The van der Waals surface area contributed by atoms with Gasteiger partial charge < -0.3 is 19.1 Å². The number of carbonyl (C=O) groups is 1. The first-order valence-corrected chi connectivity index (χ1v) is 11.8. The maximum absolute atomic E-state index is 13.3. The van der Waals surface area contributed by atoms with E-state index in [2.05, 4.69) is 20.4 Å². The molecule has 0 aliphatic heterocycles. The lowest BCUT2D eigenvalue weighted by Crippen LogP contribution is -2.28. The monoisotopic (exact) mass is 515 g/mol. The molecule has 0 aliphatic carbocycles. The van der Waals surface area contributed by atoms with Crippen LogP contribution >= 0.6 is 11.6 Å². The van der Waals surface area contributed by atoms with Gasteiger partial charge in [-0.25, -0.2) is 4.98 Å². The number of ether oxygens (including phenoxy) is 1. The highest BCUT2D eigenvalue weighted by Crippen LogP contribution is 2.24. The van der Waals surface area contributed by atoms with Crippen LogP contribution in [0.1, 0.15) is 11.3 Å². The number of nitrogens with zero attached hydrogens (tertiary/aromatic N) is 4. The summed E-state index contributed by atoms with van der Waals surface area (Å²) in [6.45, 7) is 2.01. The van der Waals surface area contributed by atoms with Crippen LogP contribution in [0.5, 0.6) is 5.75 Å². The van der Waals surface area contributed by atoms with Crippen molar-refractivity contribution in [1.29, 1.82) is 0 Å². The molecule has 2 aromatic carbocycles. The molecule has 0 spiro atoms. The van der Waals surface area contributed by atoms with Crippen molar-refractivity contribution in [2.45, 2.75) is 20.0 Å². The van der Waals surface area contributed by atoms with E-state index in [9.17, 15) is 9.59 Å². The fourth-order valence-electron chi connectivity index (χ4n) is 3.87. The Bertz CT molecular complexity index is 1660. The lowest BCUT2D eigenvalue weighted by molar-refractivity contribution is -0.121. The van der Waals surface area contributed by atoms with Gasteiger partial charge in [-0.2, -0.15) is 4.98 Å². The van der Waals surface area contributed by atoms with Crippen molar-refractivity contribution < 1.29 is 14.1 Å². The van der Waals surface area contributed by atoms with E-state index in [1.54, 1.807) is 54.1 Å². The van der Waals surface area contributed by atoms with Gasteiger partial charge >= 0.3 is 0 Å². The first-order chi connectivity index (χ1) is 17.9. The lowest BCUT2D eigenvalue weighted by Gasteiger charge is -2.13.